The van der Waals surface area contributed by atoms with Crippen molar-refractivity contribution in [3.8, 4) is 18.1 Å². The van der Waals surface area contributed by atoms with Gasteiger partial charge in [-0.05, 0) is 111 Å². The van der Waals surface area contributed by atoms with Crippen LogP contribution < -0.4 is 65.2 Å². The molecular weight excluding hydrogens is 1440 g/mol. The van der Waals surface area contributed by atoms with Crippen LogP contribution in [0.5, 0.6) is 5.75 Å². The number of pyridine rings is 1. The van der Waals surface area contributed by atoms with Crippen LogP contribution in [0.2, 0.25) is 0 Å². The van der Waals surface area contributed by atoms with Gasteiger partial charge in [0.1, 0.15) is 10.8 Å². The Hall–Kier alpha value is -6.48. The molecule has 0 saturated carbocycles. The Kier molecular flexibility index (Phi) is 74.2. The van der Waals surface area contributed by atoms with Crippen LogP contribution in [0.3, 0.4) is 0 Å². The highest BCUT2D eigenvalue weighted by atomic mass is 32.2. The predicted octanol–water partition coefficient (Wildman–Crippen LogP) is 14.9. The van der Waals surface area contributed by atoms with E-state index >= 15 is 0 Å². The Bertz CT molecular complexity index is 3130. The molecule has 1 heterocycles. The molecule has 102 heavy (non-hydrogen) atoms. The minimum Gasteiger partial charge on any atom is -0.426 e. The van der Waals surface area contributed by atoms with Crippen LogP contribution >= 0.6 is 89.0 Å². The fourth-order valence-corrected chi connectivity index (χ4v) is 14.0. The Morgan fingerprint density at radius 1 is 0.637 bits per heavy atom. The van der Waals surface area contributed by atoms with Gasteiger partial charge in [0.05, 0.1) is 12.6 Å². The van der Waals surface area contributed by atoms with E-state index in [1.807, 2.05) is 176 Å². The zero-order chi connectivity index (χ0) is 77.4. The van der Waals surface area contributed by atoms with Crippen LogP contribution in [-0.2, 0) is 33.6 Å². The third-order valence-corrected chi connectivity index (χ3v) is 21.0. The van der Waals surface area contributed by atoms with Gasteiger partial charge in [-0.25, -0.2) is 16.7 Å². The Morgan fingerprint density at radius 2 is 1.07 bits per heavy atom. The number of hydrogen-bond donors (Lipinski definition) is 9. The highest BCUT2D eigenvalue weighted by Crippen LogP contribution is 2.38. The van der Waals surface area contributed by atoms with Crippen LogP contribution in [0.25, 0.3) is 10.4 Å². The second-order valence-corrected chi connectivity index (χ2v) is 29.1. The highest BCUT2D eigenvalue weighted by Gasteiger charge is 2.21. The second kappa shape index (κ2) is 74.2. The predicted molar refractivity (Wildman–Crippen MR) is 450 cm³/mol. The van der Waals surface area contributed by atoms with Gasteiger partial charge < -0.3 is 26.4 Å². The van der Waals surface area contributed by atoms with E-state index < -0.39 is 21.9 Å². The maximum Gasteiger partial charge on any atom is 0.310 e. The third-order valence-electron chi connectivity index (χ3n) is 11.5. The van der Waals surface area contributed by atoms with Crippen molar-refractivity contribution in [2.45, 2.75) is 142 Å². The zero-order valence-electron chi connectivity index (χ0n) is 61.0. The number of benzene rings is 6. The molecular formula is C76H110N10O8P2S6. The molecule has 7 aromatic rings. The molecule has 7 rings (SSSR count). The van der Waals surface area contributed by atoms with Crippen LogP contribution in [0.4, 0.5) is 0 Å². The van der Waals surface area contributed by atoms with Crippen molar-refractivity contribution in [1.29, 1.82) is 0 Å². The summed E-state index contributed by atoms with van der Waals surface area (Å²) in [6, 6.07) is 64.4. The largest absolute Gasteiger partial charge is 0.426 e. The SMILES string of the molecule is C#CCC.CCC(=O)NN.CCC(=O)Oc1ccccc1P(c1ccccc1)c1ccccc1.CCC(=O)SCP(c1ccccc1)c1ccccc1.CCC(=O)Sc1ccccc1.CCC(=O)Sc1ccccn1.CCC(S)CN.CCN=[N+]=[N-].CCNC(=O)C(N)CS.CCON.CCS. The average Bonchev–Trinajstić information content (AvgIpc) is 0.805. The monoisotopic (exact) mass is 1540 g/mol. The van der Waals surface area contributed by atoms with E-state index in [2.05, 4.69) is 166 Å². The van der Waals surface area contributed by atoms with Gasteiger partial charge in [-0.2, -0.15) is 37.9 Å². The number of nitrogens with zero attached hydrogens (tertiary/aromatic N) is 4. The highest BCUT2D eigenvalue weighted by molar-refractivity contribution is 8.18. The van der Waals surface area contributed by atoms with E-state index in [0.29, 0.717) is 75.1 Å². The van der Waals surface area contributed by atoms with Gasteiger partial charge >= 0.3 is 5.97 Å². The number of thiol groups is 3. The molecule has 0 saturated heterocycles. The smallest absolute Gasteiger partial charge is 0.310 e. The topological polar surface area (TPSA) is 311 Å². The number of hydrazine groups is 1. The number of terminal acetylenes is 1. The standard InChI is InChI=1S/C21H19O2P.C16H17OPS.C9H10OS.C8H9NOS.C5H12N2OS.C4H11NS.C4H6.C3H8N2O.C2H5N3.C2H7NO.C2H6S/c1-2-21(22)23-19-15-9-10-16-20(19)24(17-11-5-3-6-12-17)18-13-7-4-8-14-18;1-2-16(17)19-13-18(14-9-5-3-6-10-14)15-11-7-4-8-12-15;1-2-9(10)11-8-6-4-3-5-7-8;1-2-8(10)11-7-5-3-4-6-9-7;1-2-7-5(8)4(6)3-9;1-2-4(6)3-5;1-3-4-2;1-2-3(6)5-4;1-2-4-5-3;1-2-4-3;1-2-3/h3-16H,2H2,1H3;3-12H,2,13H2,1H3;3-7H,2H2,1H3;3-6H,2H2,1H3;4,9H,2-3,6H2,1H3,(H,7,8);4,6H,2-3,5H2,1H3;1H,4H2,2H3;2,4H2,1H3,(H,5,6);2H2,1H3;2-3H2,1H3;3H,2H2,1H3. The number of azide groups is 1. The Balaban J connectivity index is -0.000000553. The molecule has 0 aliphatic rings. The molecule has 6 aromatic carbocycles. The number of rotatable bonds is 22. The first-order valence-corrected chi connectivity index (χ1v) is 40.5. The molecule has 2 unspecified atom stereocenters. The van der Waals surface area contributed by atoms with E-state index in [9.17, 15) is 28.8 Å². The summed E-state index contributed by atoms with van der Waals surface area (Å²) in [5.41, 5.74) is 20.9. The van der Waals surface area contributed by atoms with Gasteiger partial charge in [0.15, 0.2) is 15.3 Å². The van der Waals surface area contributed by atoms with Gasteiger partial charge in [-0.3, -0.25) is 34.2 Å². The van der Waals surface area contributed by atoms with E-state index in [4.69, 9.17) is 28.2 Å². The minimum atomic E-state index is -0.780. The molecule has 558 valence electrons. The van der Waals surface area contributed by atoms with Crippen molar-refractivity contribution in [3.05, 3.63) is 211 Å². The lowest BCUT2D eigenvalue weighted by molar-refractivity contribution is -0.134. The van der Waals surface area contributed by atoms with Crippen LogP contribution in [0.15, 0.2) is 215 Å². The van der Waals surface area contributed by atoms with E-state index in [1.54, 1.807) is 20.0 Å². The van der Waals surface area contributed by atoms with Gasteiger partial charge in [-0.15, -0.1) is 12.3 Å². The van der Waals surface area contributed by atoms with Crippen molar-refractivity contribution in [2.24, 2.45) is 28.3 Å². The zero-order valence-corrected chi connectivity index (χ0v) is 67.9. The lowest BCUT2D eigenvalue weighted by atomic mass is 10.3. The van der Waals surface area contributed by atoms with E-state index in [0.717, 1.165) is 39.3 Å². The number of thioether (sulfide) groups is 3. The summed E-state index contributed by atoms with van der Waals surface area (Å²) in [5.74, 6) is 13.2. The van der Waals surface area contributed by atoms with Gasteiger partial charge in [0.2, 0.25) is 11.8 Å². The first-order chi connectivity index (χ1) is 49.2. The summed E-state index contributed by atoms with van der Waals surface area (Å²) in [6.45, 7) is 23.1. The molecule has 26 heteroatoms. The fraction of sp³-hybridized carbons (Fsp3) is 0.355. The van der Waals surface area contributed by atoms with Crippen LogP contribution in [0, 0.1) is 12.3 Å². The average molecular weight is 1550 g/mol. The quantitative estimate of drug-likeness (QED) is 0.00248. The summed E-state index contributed by atoms with van der Waals surface area (Å²) in [5, 5.41) is 13.8. The molecule has 1 aromatic heterocycles. The van der Waals surface area contributed by atoms with Crippen molar-refractivity contribution < 1.29 is 38.3 Å². The summed E-state index contributed by atoms with van der Waals surface area (Å²) in [4.78, 5) is 77.4. The third kappa shape index (κ3) is 57.0. The van der Waals surface area contributed by atoms with Gasteiger partial charge in [0, 0.05) is 96.0 Å². The lowest BCUT2D eigenvalue weighted by Crippen LogP contribution is -2.41. The molecule has 0 bridgehead atoms. The number of carbonyl (C=O) groups is 6. The molecule has 0 fully saturated rings. The number of carbonyl (C=O) groups excluding carboxylic acids is 6. The lowest BCUT2D eigenvalue weighted by Gasteiger charge is -2.21. The summed E-state index contributed by atoms with van der Waals surface area (Å²) in [6.07, 6.45) is 11.0. The van der Waals surface area contributed by atoms with E-state index in [1.165, 1.54) is 56.5 Å². The van der Waals surface area contributed by atoms with Crippen LogP contribution in [0.1, 0.15) is 121 Å². The number of amides is 2. The maximum absolute atomic E-state index is 11.8. The Labute approximate surface area is 640 Å². The first kappa shape index (κ1) is 102. The maximum atomic E-state index is 11.8. The number of nitrogens with two attached hydrogens (primary N) is 4. The number of hydrogen-bond acceptors (Lipinski definition) is 20. The number of para-hydroxylation sites is 1. The van der Waals surface area contributed by atoms with Crippen molar-refractivity contribution in [2.75, 3.05) is 43.2 Å². The van der Waals surface area contributed by atoms with Gasteiger partial charge in [-0.1, -0.05) is 255 Å². The summed E-state index contributed by atoms with van der Waals surface area (Å²) >= 11 is 15.7. The number of aromatic nitrogens is 1. The summed E-state index contributed by atoms with van der Waals surface area (Å²) < 4.78 is 5.60. The Morgan fingerprint density at radius 3 is 1.39 bits per heavy atom. The molecule has 2 atom stereocenters. The fourth-order valence-electron chi connectivity index (χ4n) is 6.27. The number of likely N-dealkylation sites (N-methyl/N-ethyl adjacent to an activating group) is 1. The second-order valence-electron chi connectivity index (χ2n) is 19.3. The normalized spacial score (nSPS) is 9.91. The van der Waals surface area contributed by atoms with Crippen molar-refractivity contribution in [1.82, 2.24) is 15.7 Å². The van der Waals surface area contributed by atoms with Crippen LogP contribution in [-0.4, -0.2) is 92.6 Å². The van der Waals surface area contributed by atoms with Crippen molar-refractivity contribution >= 4 is 149 Å². The number of ether oxygens (including phenoxy) is 1. The molecule has 0 aliphatic carbocycles. The molecule has 10 N–H and O–H groups in total. The number of nitrogens with one attached hydrogen (secondary N) is 2. The molecule has 0 spiro atoms. The van der Waals surface area contributed by atoms with Crippen molar-refractivity contribution in [3.63, 3.8) is 0 Å². The molecule has 2 amide bonds. The molecule has 0 aliphatic heterocycles. The number of esters is 1. The summed E-state index contributed by atoms with van der Waals surface area (Å²) in [7, 11) is -1.23. The van der Waals surface area contributed by atoms with E-state index in [-0.39, 0.29) is 33.1 Å². The first-order valence-electron chi connectivity index (χ1n) is 33.2. The minimum absolute atomic E-state index is 0.130. The van der Waals surface area contributed by atoms with Gasteiger partial charge in [0.25, 0.3) is 0 Å². The molecule has 18 nitrogen and oxygen atoms in total. The molecule has 0 radical (unpaired) electrons.